The van der Waals surface area contributed by atoms with Crippen LogP contribution in [0.25, 0.3) is 0 Å². The lowest BCUT2D eigenvalue weighted by molar-refractivity contribution is -0.156. The molecule has 2 N–H and O–H groups in total. The van der Waals surface area contributed by atoms with E-state index >= 15 is 0 Å². The number of aldehydes is 1. The van der Waals surface area contributed by atoms with Crippen molar-refractivity contribution in [3.05, 3.63) is 35.9 Å². The fraction of sp³-hybridized carbons (Fsp3) is 0.333. The second-order valence-electron chi connectivity index (χ2n) is 3.34. The molecule has 1 aromatic carbocycles. The molecule has 19 heavy (non-hydrogen) atoms. The summed E-state index contributed by atoms with van der Waals surface area (Å²) in [6.07, 6.45) is -5.42. The Balaban J connectivity index is 0.000000459. The average molecular weight is 277 g/mol. The van der Waals surface area contributed by atoms with Gasteiger partial charge in [-0.1, -0.05) is 30.3 Å². The molecule has 0 aliphatic heterocycles. The summed E-state index contributed by atoms with van der Waals surface area (Å²) in [5, 5.41) is 0. The van der Waals surface area contributed by atoms with Gasteiger partial charge in [-0.05, 0) is 5.56 Å². The number of hydrogen-bond donors (Lipinski definition) is 1. The van der Waals surface area contributed by atoms with E-state index < -0.39 is 12.5 Å². The third kappa shape index (κ3) is 11.0. The molecule has 0 aliphatic rings. The topological polar surface area (TPSA) is 69.4 Å². The predicted octanol–water partition coefficient (Wildman–Crippen LogP) is 1.83. The van der Waals surface area contributed by atoms with Gasteiger partial charge in [0, 0.05) is 6.54 Å². The Morgan fingerprint density at radius 3 is 2.21 bits per heavy atom. The third-order valence-corrected chi connectivity index (χ3v) is 1.72. The summed E-state index contributed by atoms with van der Waals surface area (Å²) in [7, 11) is 0. The molecule has 0 radical (unpaired) electrons. The van der Waals surface area contributed by atoms with Crippen LogP contribution in [0, 0.1) is 0 Å². The smallest absolute Gasteiger partial charge is 0.446 e. The predicted molar refractivity (Wildman–Crippen MR) is 62.0 cm³/mol. The maximum atomic E-state index is 10.9. The highest BCUT2D eigenvalue weighted by atomic mass is 19.4. The normalized spacial score (nSPS) is 10.1. The van der Waals surface area contributed by atoms with Gasteiger partial charge in [0.1, 0.15) is 6.61 Å². The molecule has 4 nitrogen and oxygen atoms in total. The molecule has 0 heterocycles. The highest BCUT2D eigenvalue weighted by Crippen LogP contribution is 2.08. The SMILES string of the molecule is NCCC(=O)OCc1ccccc1.O=CC(F)(F)F. The molecule has 0 amide bonds. The van der Waals surface area contributed by atoms with Crippen molar-refractivity contribution in [2.45, 2.75) is 19.2 Å². The van der Waals surface area contributed by atoms with E-state index in [0.29, 0.717) is 13.2 Å². The maximum absolute atomic E-state index is 10.9. The molecular weight excluding hydrogens is 263 g/mol. The van der Waals surface area contributed by atoms with Crippen LogP contribution < -0.4 is 5.73 Å². The van der Waals surface area contributed by atoms with E-state index in [2.05, 4.69) is 0 Å². The molecule has 0 saturated heterocycles. The first-order valence-electron chi connectivity index (χ1n) is 5.31. The molecule has 0 fully saturated rings. The summed E-state index contributed by atoms with van der Waals surface area (Å²) < 4.78 is 36.2. The number of carbonyl (C=O) groups excluding carboxylic acids is 2. The van der Waals surface area contributed by atoms with Crippen LogP contribution in [-0.4, -0.2) is 25.0 Å². The Kier molecular flexibility index (Phi) is 8.19. The van der Waals surface area contributed by atoms with Crippen molar-refractivity contribution in [2.24, 2.45) is 5.73 Å². The van der Waals surface area contributed by atoms with Gasteiger partial charge in [-0.3, -0.25) is 9.59 Å². The number of halogens is 3. The number of ether oxygens (including phenoxy) is 1. The molecule has 106 valence electrons. The zero-order chi connectivity index (χ0) is 14.7. The van der Waals surface area contributed by atoms with Gasteiger partial charge in [-0.2, -0.15) is 13.2 Å². The largest absolute Gasteiger partial charge is 0.461 e. The molecule has 1 aromatic rings. The molecular formula is C12H14F3NO3. The second-order valence-corrected chi connectivity index (χ2v) is 3.34. The Morgan fingerprint density at radius 2 is 1.79 bits per heavy atom. The number of nitrogens with two attached hydrogens (primary N) is 1. The van der Waals surface area contributed by atoms with E-state index in [1.165, 1.54) is 0 Å². The van der Waals surface area contributed by atoms with Crippen molar-refractivity contribution in [1.29, 1.82) is 0 Å². The zero-order valence-corrected chi connectivity index (χ0v) is 10.0. The fourth-order valence-corrected chi connectivity index (χ4v) is 0.928. The van der Waals surface area contributed by atoms with Crippen molar-refractivity contribution >= 4 is 12.3 Å². The summed E-state index contributed by atoms with van der Waals surface area (Å²) in [5.74, 6) is -0.244. The van der Waals surface area contributed by atoms with Crippen LogP contribution in [0.3, 0.4) is 0 Å². The van der Waals surface area contributed by atoms with E-state index in [1.807, 2.05) is 30.3 Å². The number of rotatable bonds is 4. The van der Waals surface area contributed by atoms with Crippen LogP contribution in [0.15, 0.2) is 30.3 Å². The molecule has 0 aliphatic carbocycles. The van der Waals surface area contributed by atoms with Gasteiger partial charge in [0.25, 0.3) is 0 Å². The van der Waals surface area contributed by atoms with Gasteiger partial charge in [0.05, 0.1) is 6.42 Å². The van der Waals surface area contributed by atoms with Crippen molar-refractivity contribution in [1.82, 2.24) is 0 Å². The molecule has 7 heteroatoms. The third-order valence-electron chi connectivity index (χ3n) is 1.72. The van der Waals surface area contributed by atoms with Crippen molar-refractivity contribution < 1.29 is 27.5 Å². The minimum absolute atomic E-state index is 0.244. The van der Waals surface area contributed by atoms with E-state index in [0.717, 1.165) is 5.56 Å². The van der Waals surface area contributed by atoms with Gasteiger partial charge in [-0.25, -0.2) is 0 Å². The lowest BCUT2D eigenvalue weighted by Gasteiger charge is -2.02. The van der Waals surface area contributed by atoms with Crippen molar-refractivity contribution in [3.8, 4) is 0 Å². The van der Waals surface area contributed by atoms with Crippen LogP contribution in [0.5, 0.6) is 0 Å². The summed E-state index contributed by atoms with van der Waals surface area (Å²) in [4.78, 5) is 19.6. The van der Waals surface area contributed by atoms with E-state index in [1.54, 1.807) is 0 Å². The molecule has 0 atom stereocenters. The second kappa shape index (κ2) is 9.09. The number of carbonyl (C=O) groups is 2. The lowest BCUT2D eigenvalue weighted by atomic mass is 10.2. The first-order chi connectivity index (χ1) is 8.89. The van der Waals surface area contributed by atoms with Crippen molar-refractivity contribution in [2.75, 3.05) is 6.54 Å². The van der Waals surface area contributed by atoms with Gasteiger partial charge in [0.15, 0.2) is 0 Å². The van der Waals surface area contributed by atoms with E-state index in [9.17, 15) is 18.0 Å². The molecule has 0 spiro atoms. The van der Waals surface area contributed by atoms with Crippen LogP contribution in [0.4, 0.5) is 13.2 Å². The number of benzene rings is 1. The van der Waals surface area contributed by atoms with E-state index in [-0.39, 0.29) is 12.4 Å². The van der Waals surface area contributed by atoms with Gasteiger partial charge in [-0.15, -0.1) is 0 Å². The highest BCUT2D eigenvalue weighted by molar-refractivity contribution is 5.69. The molecule has 0 aromatic heterocycles. The first-order valence-corrected chi connectivity index (χ1v) is 5.31. The molecule has 1 rings (SSSR count). The van der Waals surface area contributed by atoms with Crippen LogP contribution in [-0.2, 0) is 20.9 Å². The zero-order valence-electron chi connectivity index (χ0n) is 10.0. The van der Waals surface area contributed by atoms with Crippen LogP contribution in [0.2, 0.25) is 0 Å². The monoisotopic (exact) mass is 277 g/mol. The minimum atomic E-state index is -4.64. The molecule has 0 saturated carbocycles. The number of hydrogen-bond acceptors (Lipinski definition) is 4. The standard InChI is InChI=1S/C10H13NO2.C2HF3O/c11-7-6-10(12)13-8-9-4-2-1-3-5-9;3-2(4,5)1-6/h1-5H,6-8,11H2;1H. The van der Waals surface area contributed by atoms with Gasteiger partial charge < -0.3 is 10.5 Å². The number of alkyl halides is 3. The number of esters is 1. The molecule has 0 bridgehead atoms. The summed E-state index contributed by atoms with van der Waals surface area (Å²) in [6, 6.07) is 9.56. The lowest BCUT2D eigenvalue weighted by Crippen LogP contribution is -2.10. The quantitative estimate of drug-likeness (QED) is 0.673. The Labute approximate surface area is 108 Å². The summed E-state index contributed by atoms with van der Waals surface area (Å²) >= 11 is 0. The average Bonchev–Trinajstić information content (AvgIpc) is 2.38. The molecule has 0 unspecified atom stereocenters. The summed E-state index contributed by atoms with van der Waals surface area (Å²) in [5.41, 5.74) is 6.19. The summed E-state index contributed by atoms with van der Waals surface area (Å²) in [6.45, 7) is 0.674. The Bertz CT molecular complexity index is 380. The Morgan fingerprint density at radius 1 is 1.26 bits per heavy atom. The van der Waals surface area contributed by atoms with Gasteiger partial charge >= 0.3 is 12.1 Å². The van der Waals surface area contributed by atoms with Gasteiger partial charge in [0.2, 0.25) is 6.29 Å². The van der Waals surface area contributed by atoms with Crippen LogP contribution >= 0.6 is 0 Å². The fourth-order valence-electron chi connectivity index (χ4n) is 0.928. The van der Waals surface area contributed by atoms with Crippen molar-refractivity contribution in [3.63, 3.8) is 0 Å². The maximum Gasteiger partial charge on any atom is 0.446 e. The Hall–Kier alpha value is -1.89. The minimum Gasteiger partial charge on any atom is -0.461 e. The first kappa shape index (κ1) is 17.1. The van der Waals surface area contributed by atoms with Crippen LogP contribution in [0.1, 0.15) is 12.0 Å². The highest BCUT2D eigenvalue weighted by Gasteiger charge is 2.24. The van der Waals surface area contributed by atoms with E-state index in [4.69, 9.17) is 15.3 Å².